The summed E-state index contributed by atoms with van der Waals surface area (Å²) in [7, 11) is 0.185. The number of rotatable bonds is 11. The monoisotopic (exact) mass is 702 g/mol. The number of aliphatic hydroxyl groups is 1. The van der Waals surface area contributed by atoms with Gasteiger partial charge in [0, 0.05) is 35.4 Å². The Morgan fingerprint density at radius 2 is 1.78 bits per heavy atom. The summed E-state index contributed by atoms with van der Waals surface area (Å²) in [5, 5.41) is 17.9. The van der Waals surface area contributed by atoms with Crippen LogP contribution in [0.25, 0.3) is 33.6 Å². The minimum Gasteiger partial charge on any atom is -0.598 e. The first-order chi connectivity index (χ1) is 22.9. The first-order valence-electron chi connectivity index (χ1n) is 17.3. The molecule has 0 fully saturated rings. The van der Waals surface area contributed by atoms with Crippen LogP contribution in [0, 0.1) is 0 Å². The molecule has 0 saturated heterocycles. The van der Waals surface area contributed by atoms with Gasteiger partial charge in [0.15, 0.2) is 19.9 Å². The average molecular weight is 703 g/mol. The van der Waals surface area contributed by atoms with Crippen molar-refractivity contribution in [3.63, 3.8) is 0 Å². The van der Waals surface area contributed by atoms with Crippen molar-refractivity contribution in [3.05, 3.63) is 77.8 Å². The van der Waals surface area contributed by atoms with E-state index < -0.39 is 30.2 Å². The molecular formula is C38H54N6O3SSi. The van der Waals surface area contributed by atoms with Crippen LogP contribution >= 0.6 is 0 Å². The highest BCUT2D eigenvalue weighted by atomic mass is 32.2. The van der Waals surface area contributed by atoms with Gasteiger partial charge in [-0.2, -0.15) is 5.10 Å². The van der Waals surface area contributed by atoms with Gasteiger partial charge in [-0.3, -0.25) is 0 Å². The van der Waals surface area contributed by atoms with Gasteiger partial charge in [0.2, 0.25) is 0 Å². The van der Waals surface area contributed by atoms with Gasteiger partial charge in [-0.15, -0.1) is 4.72 Å². The molecular weight excluding hydrogens is 649 g/mol. The Kier molecular flexibility index (Phi) is 11.0. The molecule has 4 heterocycles. The maximum Gasteiger partial charge on any atom is 0.200 e. The highest BCUT2D eigenvalue weighted by molar-refractivity contribution is 7.90. The van der Waals surface area contributed by atoms with E-state index in [0.29, 0.717) is 30.8 Å². The van der Waals surface area contributed by atoms with E-state index in [2.05, 4.69) is 68.7 Å². The Balaban J connectivity index is 1.60. The molecule has 2 unspecified atom stereocenters. The fourth-order valence-corrected chi connectivity index (χ4v) is 7.36. The summed E-state index contributed by atoms with van der Waals surface area (Å²) in [5.74, 6) is 0.722. The number of nitrogens with zero attached hydrogens (tertiary/aromatic N) is 5. The van der Waals surface area contributed by atoms with E-state index >= 15 is 0 Å². The number of benzene rings is 1. The number of hydrogen-bond donors (Lipinski definition) is 2. The van der Waals surface area contributed by atoms with Crippen LogP contribution < -0.4 is 4.72 Å². The predicted octanol–water partition coefficient (Wildman–Crippen LogP) is 7.72. The van der Waals surface area contributed by atoms with Gasteiger partial charge < -0.3 is 19.0 Å². The van der Waals surface area contributed by atoms with Crippen molar-refractivity contribution >= 4 is 36.2 Å². The largest absolute Gasteiger partial charge is 0.598 e. The lowest BCUT2D eigenvalue weighted by molar-refractivity contribution is 0.0101. The van der Waals surface area contributed by atoms with Gasteiger partial charge in [0.1, 0.15) is 4.75 Å². The van der Waals surface area contributed by atoms with E-state index in [9.17, 15) is 9.66 Å². The van der Waals surface area contributed by atoms with Crippen LogP contribution in [0.1, 0.15) is 84.7 Å². The second kappa shape index (κ2) is 14.4. The second-order valence-corrected chi connectivity index (χ2v) is 22.6. The third kappa shape index (κ3) is 8.36. The summed E-state index contributed by atoms with van der Waals surface area (Å²) in [6.07, 6.45) is 6.20. The molecule has 264 valence electrons. The average Bonchev–Trinajstić information content (AvgIpc) is 3.47. The van der Waals surface area contributed by atoms with Crippen molar-refractivity contribution in [1.29, 1.82) is 0 Å². The molecule has 2 atom stereocenters. The molecule has 2 N–H and O–H groups in total. The van der Waals surface area contributed by atoms with Crippen LogP contribution in [0.4, 0.5) is 0 Å². The topological polar surface area (TPSA) is 111 Å². The highest BCUT2D eigenvalue weighted by Crippen LogP contribution is 2.38. The van der Waals surface area contributed by atoms with Crippen LogP contribution in [0.5, 0.6) is 0 Å². The molecule has 0 amide bonds. The van der Waals surface area contributed by atoms with E-state index in [1.165, 1.54) is 5.57 Å². The van der Waals surface area contributed by atoms with Crippen LogP contribution in [0.3, 0.4) is 0 Å². The molecule has 49 heavy (non-hydrogen) atoms. The fourth-order valence-electron chi connectivity index (χ4n) is 5.60. The number of pyridine rings is 2. The molecule has 0 saturated carbocycles. The Labute approximate surface area is 296 Å². The van der Waals surface area contributed by atoms with Crippen LogP contribution in [-0.4, -0.2) is 67.5 Å². The van der Waals surface area contributed by atoms with E-state index in [4.69, 9.17) is 19.5 Å². The van der Waals surface area contributed by atoms with E-state index in [1.807, 2.05) is 68.9 Å². The lowest BCUT2D eigenvalue weighted by Gasteiger charge is -2.36. The Morgan fingerprint density at radius 1 is 1.04 bits per heavy atom. The molecule has 1 aromatic carbocycles. The molecule has 0 bridgehead atoms. The SMILES string of the molecule is CCCC(O)(N[S+]([O-])C(C)(C)C)c1cccc(-c2cc(C3=CCN(C)CC3)c3cnn(-c4cccc(CO[Si](C)(C)C(C)(C)C)n4)c3c2)n1. The zero-order valence-electron chi connectivity index (χ0n) is 30.9. The zero-order valence-corrected chi connectivity index (χ0v) is 32.7. The number of aromatic nitrogens is 4. The Morgan fingerprint density at radius 3 is 2.43 bits per heavy atom. The molecule has 1 aliphatic rings. The maximum absolute atomic E-state index is 13.2. The molecule has 0 radical (unpaired) electrons. The summed E-state index contributed by atoms with van der Waals surface area (Å²) in [4.78, 5) is 12.3. The molecule has 1 aliphatic heterocycles. The quantitative estimate of drug-likeness (QED) is 0.0929. The zero-order chi connectivity index (χ0) is 35.8. The second-order valence-electron chi connectivity index (χ2n) is 15.8. The Bertz CT molecular complexity index is 1810. The van der Waals surface area contributed by atoms with E-state index in [-0.39, 0.29) is 5.04 Å². The van der Waals surface area contributed by atoms with Gasteiger partial charge >= 0.3 is 0 Å². The molecule has 11 heteroatoms. The minimum absolute atomic E-state index is 0.107. The summed E-state index contributed by atoms with van der Waals surface area (Å²) in [5.41, 5.74) is 4.68. The first kappa shape index (κ1) is 37.4. The molecule has 9 nitrogen and oxygen atoms in total. The predicted molar refractivity (Wildman–Crippen MR) is 204 cm³/mol. The van der Waals surface area contributed by atoms with Crippen LogP contribution in [0.2, 0.25) is 18.1 Å². The van der Waals surface area contributed by atoms with Crippen molar-refractivity contribution in [2.75, 3.05) is 20.1 Å². The Hall–Kier alpha value is -2.90. The normalized spacial score (nSPS) is 16.9. The maximum atomic E-state index is 13.2. The molecule has 0 spiro atoms. The molecule has 4 aromatic rings. The van der Waals surface area contributed by atoms with Gasteiger partial charge in [-0.1, -0.05) is 52.3 Å². The number of fused-ring (bicyclic) bond motifs is 1. The summed E-state index contributed by atoms with van der Waals surface area (Å²) in [6.45, 7) is 21.2. The molecule has 3 aromatic heterocycles. The summed E-state index contributed by atoms with van der Waals surface area (Å²) in [6, 6.07) is 16.0. The molecule has 0 aliphatic carbocycles. The lowest BCUT2D eigenvalue weighted by Crippen LogP contribution is -2.51. The van der Waals surface area contributed by atoms with Crippen molar-refractivity contribution in [1.82, 2.24) is 29.4 Å². The smallest absolute Gasteiger partial charge is 0.200 e. The molecule has 5 rings (SSSR count). The number of nitrogens with one attached hydrogen (secondary N) is 1. The van der Waals surface area contributed by atoms with Crippen LogP contribution in [0.15, 0.2) is 60.8 Å². The summed E-state index contributed by atoms with van der Waals surface area (Å²) >= 11 is -1.50. The minimum atomic E-state index is -1.95. The number of hydrogen-bond acceptors (Lipinski definition) is 8. The third-order valence-corrected chi connectivity index (χ3v) is 15.9. The van der Waals surface area contributed by atoms with E-state index in [1.54, 1.807) is 6.07 Å². The van der Waals surface area contributed by atoms with Gasteiger partial charge in [-0.05, 0) is 106 Å². The van der Waals surface area contributed by atoms with Crippen molar-refractivity contribution < 1.29 is 14.1 Å². The van der Waals surface area contributed by atoms with Crippen molar-refractivity contribution in [2.45, 2.75) is 103 Å². The van der Waals surface area contributed by atoms with Gasteiger partial charge in [-0.25, -0.2) is 14.6 Å². The number of likely N-dealkylation sites (N-methyl/N-ethyl adjacent to an activating group) is 1. The van der Waals surface area contributed by atoms with E-state index in [0.717, 1.165) is 53.1 Å². The lowest BCUT2D eigenvalue weighted by atomic mass is 9.93. The van der Waals surface area contributed by atoms with Crippen molar-refractivity contribution in [3.8, 4) is 17.1 Å². The van der Waals surface area contributed by atoms with Crippen molar-refractivity contribution in [2.24, 2.45) is 0 Å². The van der Waals surface area contributed by atoms with Gasteiger partial charge in [0.05, 0.1) is 35.4 Å². The fraction of sp³-hybridized carbons (Fsp3) is 0.500. The highest BCUT2D eigenvalue weighted by Gasteiger charge is 2.40. The van der Waals surface area contributed by atoms with Crippen LogP contribution in [-0.2, 0) is 28.1 Å². The third-order valence-electron chi connectivity index (χ3n) is 9.74. The standard InChI is InChI=1S/C38H54N6O3SSi/c1-11-20-38(45,42-48(46)36(2,3)4)34-16-13-15-32(41-34)28-23-30(27-18-21-43(8)22-19-27)31-25-39-44(33(31)24-28)35-17-12-14-29(40-35)26-47-49(9,10)37(5,6)7/h12-18,23-25,42,45H,11,19-22,26H2,1-10H3. The first-order valence-corrected chi connectivity index (χ1v) is 21.4. The summed E-state index contributed by atoms with van der Waals surface area (Å²) < 4.78 is 24.0. The van der Waals surface area contributed by atoms with Gasteiger partial charge in [0.25, 0.3) is 0 Å².